The number of carbonyl (C=O) groups excluding carboxylic acids is 2. The molecular weight excluding hydrogens is 212 g/mol. The van der Waals surface area contributed by atoms with Crippen LogP contribution in [0.2, 0.25) is 0 Å². The number of nitrogens with one attached hydrogen (secondary N) is 1. The van der Waals surface area contributed by atoms with Crippen molar-refractivity contribution in [3.63, 3.8) is 0 Å². The van der Waals surface area contributed by atoms with Gasteiger partial charge in [-0.25, -0.2) is 0 Å². The smallest absolute Gasteiger partial charge is 0.220 e. The fourth-order valence-electron chi connectivity index (χ4n) is 1.05. The highest BCUT2D eigenvalue weighted by molar-refractivity contribution is 8.13. The summed E-state index contributed by atoms with van der Waals surface area (Å²) >= 11 is 1.19. The van der Waals surface area contributed by atoms with Gasteiger partial charge in [-0.3, -0.25) is 9.59 Å². The molecular formula is C10H20N2O2S. The predicted molar refractivity (Wildman–Crippen MR) is 63.7 cm³/mol. The summed E-state index contributed by atoms with van der Waals surface area (Å²) in [6.07, 6.45) is 3.46. The van der Waals surface area contributed by atoms with Crippen molar-refractivity contribution in [3.8, 4) is 0 Å². The van der Waals surface area contributed by atoms with Crippen LogP contribution in [0.25, 0.3) is 0 Å². The fourth-order valence-corrected chi connectivity index (χ4v) is 1.62. The monoisotopic (exact) mass is 232 g/mol. The third kappa shape index (κ3) is 11.4. The zero-order valence-electron chi connectivity index (χ0n) is 9.25. The maximum absolute atomic E-state index is 11.2. The van der Waals surface area contributed by atoms with Gasteiger partial charge in [-0.15, -0.1) is 0 Å². The van der Waals surface area contributed by atoms with Gasteiger partial charge in [-0.05, 0) is 19.4 Å². The lowest BCUT2D eigenvalue weighted by atomic mass is 10.2. The molecule has 0 aromatic heterocycles. The van der Waals surface area contributed by atoms with Crippen molar-refractivity contribution >= 4 is 22.8 Å². The molecule has 0 aliphatic rings. The molecule has 5 heteroatoms. The van der Waals surface area contributed by atoms with E-state index < -0.39 is 0 Å². The Balaban J connectivity index is 3.22. The second-order valence-corrected chi connectivity index (χ2v) is 4.56. The van der Waals surface area contributed by atoms with Crippen LogP contribution in [0, 0.1) is 0 Å². The zero-order chi connectivity index (χ0) is 11.5. The van der Waals surface area contributed by atoms with Gasteiger partial charge >= 0.3 is 0 Å². The molecule has 0 bridgehead atoms. The first kappa shape index (κ1) is 14.5. The van der Waals surface area contributed by atoms with Gasteiger partial charge in [0.2, 0.25) is 5.91 Å². The molecule has 0 radical (unpaired) electrons. The summed E-state index contributed by atoms with van der Waals surface area (Å²) in [4.78, 5) is 21.8. The van der Waals surface area contributed by atoms with Crippen LogP contribution in [0.4, 0.5) is 0 Å². The number of hydrogen-bond donors (Lipinski definition) is 2. The van der Waals surface area contributed by atoms with Crippen molar-refractivity contribution in [3.05, 3.63) is 0 Å². The van der Waals surface area contributed by atoms with Crippen molar-refractivity contribution in [2.75, 3.05) is 18.8 Å². The number of thioether (sulfide) groups is 1. The van der Waals surface area contributed by atoms with E-state index in [9.17, 15) is 9.59 Å². The van der Waals surface area contributed by atoms with Gasteiger partial charge in [0.05, 0.1) is 0 Å². The van der Waals surface area contributed by atoms with Crippen molar-refractivity contribution < 1.29 is 9.59 Å². The summed E-state index contributed by atoms with van der Waals surface area (Å²) in [5.41, 5.74) is 5.34. The summed E-state index contributed by atoms with van der Waals surface area (Å²) in [6, 6.07) is 0. The first-order valence-electron chi connectivity index (χ1n) is 5.27. The molecule has 0 spiro atoms. The molecule has 0 unspecified atom stereocenters. The first-order chi connectivity index (χ1) is 7.16. The number of carbonyl (C=O) groups is 2. The van der Waals surface area contributed by atoms with E-state index in [-0.39, 0.29) is 11.0 Å². The lowest BCUT2D eigenvalue weighted by molar-refractivity contribution is -0.120. The number of nitrogens with two attached hydrogens (primary N) is 1. The van der Waals surface area contributed by atoms with Crippen LogP contribution >= 0.6 is 11.8 Å². The standard InChI is InChI=1S/C10H20N2O2S/c1-9(13)15-8-5-10(14)12-7-4-2-3-6-11/h2-8,11H2,1H3,(H,12,14). The molecule has 0 aromatic carbocycles. The molecule has 0 saturated carbocycles. The van der Waals surface area contributed by atoms with Gasteiger partial charge in [0.1, 0.15) is 0 Å². The van der Waals surface area contributed by atoms with Crippen molar-refractivity contribution in [2.24, 2.45) is 5.73 Å². The molecule has 0 saturated heterocycles. The molecule has 0 fully saturated rings. The summed E-state index contributed by atoms with van der Waals surface area (Å²) in [5, 5.41) is 2.87. The molecule has 1 amide bonds. The average molecular weight is 232 g/mol. The SMILES string of the molecule is CC(=O)SCCC(=O)NCCCCCN. The van der Waals surface area contributed by atoms with Gasteiger partial charge < -0.3 is 11.1 Å². The highest BCUT2D eigenvalue weighted by Crippen LogP contribution is 2.02. The third-order valence-corrected chi connectivity index (χ3v) is 2.65. The van der Waals surface area contributed by atoms with E-state index in [0.29, 0.717) is 25.3 Å². The van der Waals surface area contributed by atoms with Crippen LogP contribution in [0.5, 0.6) is 0 Å². The van der Waals surface area contributed by atoms with E-state index in [4.69, 9.17) is 5.73 Å². The summed E-state index contributed by atoms with van der Waals surface area (Å²) in [6.45, 7) is 2.93. The van der Waals surface area contributed by atoms with Crippen molar-refractivity contribution in [1.82, 2.24) is 5.32 Å². The predicted octanol–water partition coefficient (Wildman–Crippen LogP) is 0.901. The van der Waals surface area contributed by atoms with Gasteiger partial charge in [0.15, 0.2) is 5.12 Å². The molecule has 3 N–H and O–H groups in total. The van der Waals surface area contributed by atoms with Crippen LogP contribution in [-0.4, -0.2) is 29.9 Å². The Morgan fingerprint density at radius 1 is 1.27 bits per heavy atom. The van der Waals surface area contributed by atoms with Crippen LogP contribution < -0.4 is 11.1 Å². The van der Waals surface area contributed by atoms with Crippen LogP contribution in [-0.2, 0) is 9.59 Å². The Morgan fingerprint density at radius 3 is 2.60 bits per heavy atom. The number of hydrogen-bond acceptors (Lipinski definition) is 4. The van der Waals surface area contributed by atoms with E-state index in [1.165, 1.54) is 18.7 Å². The van der Waals surface area contributed by atoms with Gasteiger partial charge in [-0.2, -0.15) is 0 Å². The van der Waals surface area contributed by atoms with Crippen LogP contribution in [0.15, 0.2) is 0 Å². The number of unbranched alkanes of at least 4 members (excludes halogenated alkanes) is 2. The number of rotatable bonds is 8. The van der Waals surface area contributed by atoms with Gasteiger partial charge in [-0.1, -0.05) is 18.2 Å². The average Bonchev–Trinajstić information content (AvgIpc) is 2.17. The second-order valence-electron chi connectivity index (χ2n) is 3.29. The Bertz CT molecular complexity index is 198. The summed E-state index contributed by atoms with van der Waals surface area (Å²) in [5.74, 6) is 0.598. The fraction of sp³-hybridized carbons (Fsp3) is 0.800. The molecule has 0 aromatic rings. The van der Waals surface area contributed by atoms with Crippen molar-refractivity contribution in [2.45, 2.75) is 32.6 Å². The molecule has 0 heterocycles. The normalized spacial score (nSPS) is 10.0. The molecule has 0 aliphatic carbocycles. The molecule has 0 atom stereocenters. The lowest BCUT2D eigenvalue weighted by Gasteiger charge is -2.03. The Hall–Kier alpha value is -0.550. The summed E-state index contributed by atoms with van der Waals surface area (Å²) in [7, 11) is 0. The van der Waals surface area contributed by atoms with E-state index in [1.54, 1.807) is 0 Å². The van der Waals surface area contributed by atoms with E-state index >= 15 is 0 Å². The summed E-state index contributed by atoms with van der Waals surface area (Å²) < 4.78 is 0. The Labute approximate surface area is 95.4 Å². The second kappa shape index (κ2) is 9.98. The van der Waals surface area contributed by atoms with Crippen LogP contribution in [0.3, 0.4) is 0 Å². The Kier molecular flexibility index (Phi) is 9.62. The minimum Gasteiger partial charge on any atom is -0.356 e. The minimum absolute atomic E-state index is 0.0245. The highest BCUT2D eigenvalue weighted by Gasteiger charge is 2.01. The topological polar surface area (TPSA) is 72.2 Å². The molecule has 4 nitrogen and oxygen atoms in total. The number of amides is 1. The Morgan fingerprint density at radius 2 is 2.00 bits per heavy atom. The maximum Gasteiger partial charge on any atom is 0.220 e. The van der Waals surface area contributed by atoms with Gasteiger partial charge in [0.25, 0.3) is 0 Å². The molecule has 88 valence electrons. The minimum atomic E-state index is 0.0245. The molecule has 15 heavy (non-hydrogen) atoms. The van der Waals surface area contributed by atoms with Crippen LogP contribution in [0.1, 0.15) is 32.6 Å². The first-order valence-corrected chi connectivity index (χ1v) is 6.25. The third-order valence-electron chi connectivity index (χ3n) is 1.84. The molecule has 0 aliphatic heterocycles. The maximum atomic E-state index is 11.2. The van der Waals surface area contributed by atoms with Crippen molar-refractivity contribution in [1.29, 1.82) is 0 Å². The van der Waals surface area contributed by atoms with E-state index in [2.05, 4.69) is 5.32 Å². The zero-order valence-corrected chi connectivity index (χ0v) is 10.1. The lowest BCUT2D eigenvalue weighted by Crippen LogP contribution is -2.24. The largest absolute Gasteiger partial charge is 0.356 e. The van der Waals surface area contributed by atoms with Gasteiger partial charge in [0, 0.05) is 25.6 Å². The molecule has 0 rings (SSSR count). The van der Waals surface area contributed by atoms with E-state index in [1.807, 2.05) is 0 Å². The quantitative estimate of drug-likeness (QED) is 0.610. The highest BCUT2D eigenvalue weighted by atomic mass is 32.2. The van der Waals surface area contributed by atoms with E-state index in [0.717, 1.165) is 19.3 Å².